The third-order valence-corrected chi connectivity index (χ3v) is 2.02. The monoisotopic (exact) mass is 225 g/mol. The summed E-state index contributed by atoms with van der Waals surface area (Å²) in [6.45, 7) is 0. The van der Waals surface area contributed by atoms with Gasteiger partial charge in [-0.1, -0.05) is 17.7 Å². The van der Waals surface area contributed by atoms with Crippen molar-refractivity contribution in [3.05, 3.63) is 22.7 Å². The van der Waals surface area contributed by atoms with Crippen molar-refractivity contribution >= 4 is 17.3 Å². The van der Waals surface area contributed by atoms with E-state index in [1.54, 1.807) is 0 Å². The van der Waals surface area contributed by atoms with Gasteiger partial charge in [-0.2, -0.15) is 0 Å². The van der Waals surface area contributed by atoms with E-state index in [1.807, 2.05) is 0 Å². The second-order valence-electron chi connectivity index (χ2n) is 2.64. The van der Waals surface area contributed by atoms with E-state index in [1.165, 1.54) is 0 Å². The fourth-order valence-corrected chi connectivity index (χ4v) is 1.14. The van der Waals surface area contributed by atoms with Crippen LogP contribution in [0.15, 0.2) is 12.1 Å². The first-order valence-corrected chi connectivity index (χ1v) is 4.02. The molecule has 0 radical (unpaired) electrons. The van der Waals surface area contributed by atoms with Crippen molar-refractivity contribution in [2.24, 2.45) is 0 Å². The van der Waals surface area contributed by atoms with E-state index in [9.17, 15) is 13.2 Å². The minimum Gasteiger partial charge on any atom is -0.504 e. The number of halogens is 4. The van der Waals surface area contributed by atoms with Crippen LogP contribution < -0.4 is 5.73 Å². The van der Waals surface area contributed by atoms with Gasteiger partial charge in [-0.3, -0.25) is 0 Å². The number of nitrogens with two attached hydrogens (primary N) is 1. The van der Waals surface area contributed by atoms with Gasteiger partial charge in [0, 0.05) is 5.56 Å². The number of phenols is 1. The molecule has 0 aromatic heterocycles. The van der Waals surface area contributed by atoms with Gasteiger partial charge in [-0.05, 0) is 6.07 Å². The Morgan fingerprint density at radius 2 is 1.86 bits per heavy atom. The van der Waals surface area contributed by atoms with Crippen LogP contribution in [0.3, 0.4) is 0 Å². The smallest absolute Gasteiger partial charge is 0.273 e. The van der Waals surface area contributed by atoms with E-state index in [0.29, 0.717) is 0 Å². The highest BCUT2D eigenvalue weighted by molar-refractivity contribution is 6.32. The number of hydrogen-bond donors (Lipinski definition) is 2. The van der Waals surface area contributed by atoms with Gasteiger partial charge < -0.3 is 10.8 Å². The van der Waals surface area contributed by atoms with Crippen LogP contribution in [0.4, 0.5) is 18.9 Å². The zero-order chi connectivity index (χ0) is 10.9. The van der Waals surface area contributed by atoms with Crippen molar-refractivity contribution in [3.63, 3.8) is 0 Å². The lowest BCUT2D eigenvalue weighted by atomic mass is 10.1. The molecule has 6 heteroatoms. The lowest BCUT2D eigenvalue weighted by molar-refractivity contribution is 0.0499. The number of anilines is 1. The lowest BCUT2D eigenvalue weighted by Crippen LogP contribution is -2.06. The van der Waals surface area contributed by atoms with E-state index in [2.05, 4.69) is 0 Å². The number of alkyl halides is 3. The minimum absolute atomic E-state index is 0.104. The molecule has 3 N–H and O–H groups in total. The molecule has 0 aliphatic rings. The van der Waals surface area contributed by atoms with Crippen LogP contribution in [-0.4, -0.2) is 11.5 Å². The first-order chi connectivity index (χ1) is 6.45. The summed E-state index contributed by atoms with van der Waals surface area (Å²) in [4.78, 5) is 0. The minimum atomic E-state index is -3.18. The van der Waals surface area contributed by atoms with Gasteiger partial charge in [0.05, 0.1) is 10.7 Å². The van der Waals surface area contributed by atoms with Gasteiger partial charge in [0.25, 0.3) is 6.43 Å². The first kappa shape index (κ1) is 11.0. The van der Waals surface area contributed by atoms with Crippen molar-refractivity contribution in [3.8, 4) is 5.75 Å². The summed E-state index contributed by atoms with van der Waals surface area (Å²) in [7, 11) is 0. The number of phenolic OH excluding ortho intramolecular Hbond substituents is 1. The Bertz CT molecular complexity index is 346. The number of benzene rings is 1. The molecule has 1 unspecified atom stereocenters. The average molecular weight is 226 g/mol. The second-order valence-corrected chi connectivity index (χ2v) is 3.04. The molecule has 0 saturated carbocycles. The molecule has 1 atom stereocenters. The zero-order valence-corrected chi connectivity index (χ0v) is 7.60. The first-order valence-electron chi connectivity index (χ1n) is 3.64. The Labute approximate surface area is 83.1 Å². The molecule has 1 rings (SSSR count). The summed E-state index contributed by atoms with van der Waals surface area (Å²) in [5, 5.41) is 9.05. The molecule has 0 fully saturated rings. The van der Waals surface area contributed by atoms with Crippen molar-refractivity contribution in [1.29, 1.82) is 0 Å². The molecule has 0 amide bonds. The van der Waals surface area contributed by atoms with Crippen LogP contribution in [-0.2, 0) is 0 Å². The van der Waals surface area contributed by atoms with Gasteiger partial charge in [0.15, 0.2) is 11.9 Å². The normalized spacial score (nSPS) is 13.2. The maximum absolute atomic E-state index is 12.8. The molecular weight excluding hydrogens is 219 g/mol. The average Bonchev–Trinajstić information content (AvgIpc) is 2.13. The predicted octanol–water partition coefficient (Wildman–Crippen LogP) is 2.90. The van der Waals surface area contributed by atoms with Crippen LogP contribution in [0.5, 0.6) is 5.75 Å². The molecule has 0 bridgehead atoms. The summed E-state index contributed by atoms with van der Waals surface area (Å²) >= 11 is 5.43. The van der Waals surface area contributed by atoms with Crippen LogP contribution in [0.1, 0.15) is 11.7 Å². The molecule has 0 saturated heterocycles. The number of nitrogen functional groups attached to an aromatic ring is 1. The van der Waals surface area contributed by atoms with Crippen LogP contribution >= 0.6 is 11.6 Å². The quantitative estimate of drug-likeness (QED) is 0.601. The Kier molecular flexibility index (Phi) is 3.10. The molecule has 2 nitrogen and oxygen atoms in total. The van der Waals surface area contributed by atoms with Crippen LogP contribution in [0.2, 0.25) is 5.02 Å². The molecule has 1 aromatic rings. The van der Waals surface area contributed by atoms with Gasteiger partial charge in [-0.15, -0.1) is 0 Å². The van der Waals surface area contributed by atoms with E-state index < -0.39 is 29.6 Å². The van der Waals surface area contributed by atoms with Crippen molar-refractivity contribution in [1.82, 2.24) is 0 Å². The van der Waals surface area contributed by atoms with Gasteiger partial charge in [0.2, 0.25) is 0 Å². The summed E-state index contributed by atoms with van der Waals surface area (Å²) < 4.78 is 36.8. The van der Waals surface area contributed by atoms with Crippen molar-refractivity contribution < 1.29 is 18.3 Å². The lowest BCUT2D eigenvalue weighted by Gasteiger charge is -2.11. The molecule has 14 heavy (non-hydrogen) atoms. The standard InChI is InChI=1S/C8H7ClF3NO/c9-4-2-1-3(5(10)8(11)12)6(13)7(4)14/h1-2,5,8,14H,13H2. The van der Waals surface area contributed by atoms with Crippen molar-refractivity contribution in [2.75, 3.05) is 5.73 Å². The molecule has 0 aliphatic carbocycles. The fraction of sp³-hybridized carbons (Fsp3) is 0.250. The highest BCUT2D eigenvalue weighted by Gasteiger charge is 2.25. The molecule has 1 aromatic carbocycles. The summed E-state index contributed by atoms with van der Waals surface area (Å²) in [5.41, 5.74) is 4.30. The Morgan fingerprint density at radius 1 is 1.29 bits per heavy atom. The molecule has 0 heterocycles. The fourth-order valence-electron chi connectivity index (χ4n) is 0.973. The van der Waals surface area contributed by atoms with Crippen LogP contribution in [0, 0.1) is 0 Å². The van der Waals surface area contributed by atoms with E-state index in [4.69, 9.17) is 22.4 Å². The highest BCUT2D eigenvalue weighted by atomic mass is 35.5. The number of hydrogen-bond acceptors (Lipinski definition) is 2. The highest BCUT2D eigenvalue weighted by Crippen LogP contribution is 2.38. The largest absolute Gasteiger partial charge is 0.504 e. The van der Waals surface area contributed by atoms with Gasteiger partial charge >= 0.3 is 0 Å². The topological polar surface area (TPSA) is 46.2 Å². The van der Waals surface area contributed by atoms with Gasteiger partial charge in [-0.25, -0.2) is 13.2 Å². The number of rotatable bonds is 2. The second kappa shape index (κ2) is 3.96. The van der Waals surface area contributed by atoms with Crippen molar-refractivity contribution in [2.45, 2.75) is 12.6 Å². The third kappa shape index (κ3) is 1.87. The Hall–Kier alpha value is -1.10. The summed E-state index contributed by atoms with van der Waals surface area (Å²) in [5.74, 6) is -0.576. The maximum atomic E-state index is 12.8. The molecule has 0 aliphatic heterocycles. The van der Waals surface area contributed by atoms with Crippen LogP contribution in [0.25, 0.3) is 0 Å². The van der Waals surface area contributed by atoms with Gasteiger partial charge in [0.1, 0.15) is 0 Å². The number of aromatic hydroxyl groups is 1. The Balaban J connectivity index is 3.17. The molecule has 0 spiro atoms. The Morgan fingerprint density at radius 3 is 2.36 bits per heavy atom. The third-order valence-electron chi connectivity index (χ3n) is 1.72. The maximum Gasteiger partial charge on any atom is 0.273 e. The van der Waals surface area contributed by atoms with E-state index in [-0.39, 0.29) is 5.02 Å². The SMILES string of the molecule is Nc1c(C(F)C(F)F)ccc(Cl)c1O. The zero-order valence-electron chi connectivity index (χ0n) is 6.85. The predicted molar refractivity (Wildman–Crippen MR) is 47.4 cm³/mol. The molecular formula is C8H7ClF3NO. The summed E-state index contributed by atoms with van der Waals surface area (Å²) in [6, 6.07) is 2.13. The van der Waals surface area contributed by atoms with E-state index in [0.717, 1.165) is 12.1 Å². The molecule has 78 valence electrons. The summed E-state index contributed by atoms with van der Waals surface area (Å²) in [6.07, 6.45) is -5.70. The van der Waals surface area contributed by atoms with E-state index >= 15 is 0 Å².